The fourth-order valence-corrected chi connectivity index (χ4v) is 5.71. The molecule has 0 aromatic heterocycles. The van der Waals surface area contributed by atoms with Crippen molar-refractivity contribution in [2.45, 2.75) is 57.4 Å². The van der Waals surface area contributed by atoms with Gasteiger partial charge in [-0.05, 0) is 81.5 Å². The van der Waals surface area contributed by atoms with E-state index in [9.17, 15) is 9.90 Å². The summed E-state index contributed by atoms with van der Waals surface area (Å²) < 4.78 is 0. The Hall–Kier alpha value is -0.570. The lowest BCUT2D eigenvalue weighted by Crippen LogP contribution is -2.57. The lowest BCUT2D eigenvalue weighted by Gasteiger charge is -2.54. The number of carbonyl (C=O) groups is 1. The Kier molecular flexibility index (Phi) is 2.93. The van der Waals surface area contributed by atoms with E-state index >= 15 is 0 Å². The summed E-state index contributed by atoms with van der Waals surface area (Å²) >= 11 is 0. The van der Waals surface area contributed by atoms with Crippen LogP contribution in [0.5, 0.6) is 0 Å². The zero-order chi connectivity index (χ0) is 13.9. The fraction of sp³-hybridized carbons (Fsp3) is 0.941. The van der Waals surface area contributed by atoms with Crippen molar-refractivity contribution in [3.63, 3.8) is 0 Å². The van der Waals surface area contributed by atoms with Crippen LogP contribution in [0.3, 0.4) is 0 Å². The third-order valence-electron chi connectivity index (χ3n) is 6.75. The smallest absolute Gasteiger partial charge is 0.224 e. The van der Waals surface area contributed by atoms with Gasteiger partial charge in [0.1, 0.15) is 0 Å². The molecule has 3 nitrogen and oxygen atoms in total. The van der Waals surface area contributed by atoms with E-state index in [1.54, 1.807) is 0 Å². The maximum atomic E-state index is 12.8. The van der Waals surface area contributed by atoms with Crippen LogP contribution in [0, 0.1) is 35.5 Å². The van der Waals surface area contributed by atoms with Crippen molar-refractivity contribution >= 4 is 5.91 Å². The van der Waals surface area contributed by atoms with Gasteiger partial charge in [-0.25, -0.2) is 0 Å². The first-order chi connectivity index (χ1) is 9.59. The van der Waals surface area contributed by atoms with Gasteiger partial charge in [-0.2, -0.15) is 0 Å². The van der Waals surface area contributed by atoms with Crippen LogP contribution in [-0.2, 0) is 4.79 Å². The Bertz CT molecular complexity index is 389. The third-order valence-corrected chi connectivity index (χ3v) is 6.75. The van der Waals surface area contributed by atoms with Gasteiger partial charge in [0.05, 0.1) is 12.1 Å². The predicted octanol–water partition coefficient (Wildman–Crippen LogP) is 2.34. The van der Waals surface area contributed by atoms with Gasteiger partial charge in [0.15, 0.2) is 0 Å². The molecule has 3 heteroatoms. The highest BCUT2D eigenvalue weighted by Crippen LogP contribution is 2.56. The third kappa shape index (κ3) is 2.01. The van der Waals surface area contributed by atoms with E-state index in [0.29, 0.717) is 17.8 Å². The highest BCUT2D eigenvalue weighted by atomic mass is 16.3. The standard InChI is InChI=1S/C17H27NO2/c1-17(9-19,14-2-3-14)18-16(20)15-12-5-10-4-11(7-12)8-13(15)6-10/h10-15,19H,2-9H2,1H3,(H,18,20). The molecule has 1 atom stereocenters. The molecule has 5 aliphatic rings. The summed E-state index contributed by atoms with van der Waals surface area (Å²) in [7, 11) is 0. The Morgan fingerprint density at radius 1 is 1.10 bits per heavy atom. The van der Waals surface area contributed by atoms with E-state index in [4.69, 9.17) is 0 Å². The summed E-state index contributed by atoms with van der Waals surface area (Å²) in [5.74, 6) is 4.08. The molecule has 0 aromatic carbocycles. The molecule has 0 aliphatic heterocycles. The van der Waals surface area contributed by atoms with Gasteiger partial charge in [-0.3, -0.25) is 4.79 Å². The largest absolute Gasteiger partial charge is 0.394 e. The molecule has 0 spiro atoms. The highest BCUT2D eigenvalue weighted by Gasteiger charge is 2.52. The quantitative estimate of drug-likeness (QED) is 0.828. The average molecular weight is 277 g/mol. The second-order valence-corrected chi connectivity index (χ2v) is 8.30. The second kappa shape index (κ2) is 4.46. The van der Waals surface area contributed by atoms with Gasteiger partial charge in [0, 0.05) is 5.92 Å². The molecule has 0 aromatic rings. The van der Waals surface area contributed by atoms with Crippen molar-refractivity contribution in [2.75, 3.05) is 6.61 Å². The molecule has 0 radical (unpaired) electrons. The van der Waals surface area contributed by atoms with Gasteiger partial charge in [-0.15, -0.1) is 0 Å². The van der Waals surface area contributed by atoms with Crippen LogP contribution in [0.1, 0.15) is 51.9 Å². The SMILES string of the molecule is CC(CO)(NC(=O)C1C2CC3CC(C2)CC1C3)C1CC1. The second-order valence-electron chi connectivity index (χ2n) is 8.30. The Morgan fingerprint density at radius 3 is 2.10 bits per heavy atom. The number of aliphatic hydroxyl groups is 1. The minimum atomic E-state index is -0.369. The van der Waals surface area contributed by atoms with Gasteiger partial charge < -0.3 is 10.4 Å². The molecule has 1 unspecified atom stereocenters. The van der Waals surface area contributed by atoms with Crippen molar-refractivity contribution in [2.24, 2.45) is 35.5 Å². The van der Waals surface area contributed by atoms with E-state index < -0.39 is 0 Å². The summed E-state index contributed by atoms with van der Waals surface area (Å²) in [6.07, 6.45) is 8.86. The van der Waals surface area contributed by atoms with E-state index in [2.05, 4.69) is 5.32 Å². The Balaban J connectivity index is 1.48. The van der Waals surface area contributed by atoms with E-state index in [-0.39, 0.29) is 24.0 Å². The average Bonchev–Trinajstić information content (AvgIpc) is 3.21. The zero-order valence-corrected chi connectivity index (χ0v) is 12.5. The minimum Gasteiger partial charge on any atom is -0.394 e. The zero-order valence-electron chi connectivity index (χ0n) is 12.5. The monoisotopic (exact) mass is 277 g/mol. The number of carbonyl (C=O) groups excluding carboxylic acids is 1. The highest BCUT2D eigenvalue weighted by molar-refractivity contribution is 5.80. The molecule has 5 saturated carbocycles. The maximum absolute atomic E-state index is 12.8. The molecular weight excluding hydrogens is 250 g/mol. The molecule has 1 amide bonds. The van der Waals surface area contributed by atoms with Crippen LogP contribution in [0.25, 0.3) is 0 Å². The van der Waals surface area contributed by atoms with Gasteiger partial charge in [0.2, 0.25) is 5.91 Å². The first-order valence-electron chi connectivity index (χ1n) is 8.52. The molecule has 5 fully saturated rings. The summed E-state index contributed by atoms with van der Waals surface area (Å²) in [5, 5.41) is 12.9. The van der Waals surface area contributed by atoms with Crippen LogP contribution < -0.4 is 5.32 Å². The molecule has 112 valence electrons. The first-order valence-corrected chi connectivity index (χ1v) is 8.52. The number of hydrogen-bond acceptors (Lipinski definition) is 2. The predicted molar refractivity (Wildman–Crippen MR) is 76.9 cm³/mol. The minimum absolute atomic E-state index is 0.0801. The molecular formula is C17H27NO2. The van der Waals surface area contributed by atoms with E-state index in [1.165, 1.54) is 32.1 Å². The molecule has 5 aliphatic carbocycles. The normalized spacial score (nSPS) is 45.2. The van der Waals surface area contributed by atoms with Gasteiger partial charge >= 0.3 is 0 Å². The molecule has 4 bridgehead atoms. The van der Waals surface area contributed by atoms with Crippen molar-refractivity contribution in [1.82, 2.24) is 5.32 Å². The van der Waals surface area contributed by atoms with Crippen LogP contribution >= 0.6 is 0 Å². The van der Waals surface area contributed by atoms with Crippen LogP contribution in [0.15, 0.2) is 0 Å². The summed E-state index contributed by atoms with van der Waals surface area (Å²) in [6.45, 7) is 2.11. The number of rotatable bonds is 4. The summed E-state index contributed by atoms with van der Waals surface area (Å²) in [5.41, 5.74) is -0.369. The lowest BCUT2D eigenvalue weighted by molar-refractivity contribution is -0.140. The number of hydrogen-bond donors (Lipinski definition) is 2. The number of nitrogens with one attached hydrogen (secondary N) is 1. The van der Waals surface area contributed by atoms with E-state index in [0.717, 1.165) is 24.7 Å². The van der Waals surface area contributed by atoms with Crippen molar-refractivity contribution in [1.29, 1.82) is 0 Å². The summed E-state index contributed by atoms with van der Waals surface area (Å²) in [6, 6.07) is 0. The fourth-order valence-electron chi connectivity index (χ4n) is 5.71. The van der Waals surface area contributed by atoms with Crippen LogP contribution in [0.4, 0.5) is 0 Å². The molecule has 0 heterocycles. The lowest BCUT2D eigenvalue weighted by atomic mass is 9.51. The van der Waals surface area contributed by atoms with Crippen LogP contribution in [-0.4, -0.2) is 23.2 Å². The molecule has 0 saturated heterocycles. The Morgan fingerprint density at radius 2 is 1.65 bits per heavy atom. The molecule has 20 heavy (non-hydrogen) atoms. The summed E-state index contributed by atoms with van der Waals surface area (Å²) in [4.78, 5) is 12.8. The number of aliphatic hydroxyl groups excluding tert-OH is 1. The van der Waals surface area contributed by atoms with Crippen molar-refractivity contribution in [3.05, 3.63) is 0 Å². The Labute approximate surface area is 121 Å². The number of amides is 1. The van der Waals surface area contributed by atoms with E-state index in [1.807, 2.05) is 6.92 Å². The van der Waals surface area contributed by atoms with Crippen LogP contribution in [0.2, 0.25) is 0 Å². The first kappa shape index (κ1) is 13.1. The van der Waals surface area contributed by atoms with Gasteiger partial charge in [-0.1, -0.05) is 0 Å². The topological polar surface area (TPSA) is 49.3 Å². The molecule has 5 rings (SSSR count). The van der Waals surface area contributed by atoms with Crippen molar-refractivity contribution < 1.29 is 9.90 Å². The maximum Gasteiger partial charge on any atom is 0.224 e. The molecule has 2 N–H and O–H groups in total. The van der Waals surface area contributed by atoms with Gasteiger partial charge in [0.25, 0.3) is 0 Å². The van der Waals surface area contributed by atoms with Crippen molar-refractivity contribution in [3.8, 4) is 0 Å².